The van der Waals surface area contributed by atoms with Gasteiger partial charge in [0.25, 0.3) is 11.5 Å². The van der Waals surface area contributed by atoms with Crippen LogP contribution in [0.5, 0.6) is 0 Å². The maximum absolute atomic E-state index is 13.4. The fraction of sp³-hybridized carbons (Fsp3) is 0.440. The number of hydrogen-bond donors (Lipinski definition) is 1. The smallest absolute Gasteiger partial charge is 0.254 e. The molecule has 7 nitrogen and oxygen atoms in total. The van der Waals surface area contributed by atoms with Gasteiger partial charge >= 0.3 is 0 Å². The van der Waals surface area contributed by atoms with Gasteiger partial charge in [-0.3, -0.25) is 14.6 Å². The lowest BCUT2D eigenvalue weighted by Crippen LogP contribution is -2.39. The van der Waals surface area contributed by atoms with Gasteiger partial charge in [0.2, 0.25) is 0 Å². The Hall–Kier alpha value is -3.06. The number of aromatic nitrogens is 3. The first-order chi connectivity index (χ1) is 15.6. The Balaban J connectivity index is 1.38. The van der Waals surface area contributed by atoms with Gasteiger partial charge in [0.15, 0.2) is 0 Å². The molecule has 0 unspecified atom stereocenters. The molecule has 0 bridgehead atoms. The molecule has 2 aromatic heterocycles. The molecule has 0 saturated carbocycles. The topological polar surface area (TPSA) is 82.2 Å². The molecule has 5 rings (SSSR count). The van der Waals surface area contributed by atoms with Gasteiger partial charge in [-0.25, -0.2) is 4.98 Å². The molecule has 1 amide bonds. The van der Waals surface area contributed by atoms with Crippen molar-refractivity contribution in [3.05, 3.63) is 70.0 Å². The second-order valence-electron chi connectivity index (χ2n) is 9.10. The van der Waals surface area contributed by atoms with E-state index in [1.54, 1.807) is 12.3 Å². The lowest BCUT2D eigenvalue weighted by atomic mass is 9.92. The molecule has 2 aliphatic rings. The van der Waals surface area contributed by atoms with E-state index in [4.69, 9.17) is 4.98 Å². The van der Waals surface area contributed by atoms with Crippen LogP contribution >= 0.6 is 0 Å². The number of nitrogens with one attached hydrogen (secondary N) is 1. The van der Waals surface area contributed by atoms with E-state index in [-0.39, 0.29) is 17.4 Å². The molecule has 0 aliphatic carbocycles. The number of benzene rings is 1. The average Bonchev–Trinajstić information content (AvgIpc) is 2.83. The van der Waals surface area contributed by atoms with Crippen molar-refractivity contribution in [3.63, 3.8) is 0 Å². The highest BCUT2D eigenvalue weighted by atomic mass is 16.2. The van der Waals surface area contributed by atoms with E-state index in [1.807, 2.05) is 35.2 Å². The van der Waals surface area contributed by atoms with E-state index in [0.717, 1.165) is 67.7 Å². The number of piperidine rings is 2. The summed E-state index contributed by atoms with van der Waals surface area (Å²) in [7, 11) is 2.13. The van der Waals surface area contributed by atoms with Gasteiger partial charge in [0.1, 0.15) is 5.82 Å². The normalized spacial score (nSPS) is 20.5. The maximum atomic E-state index is 13.4. The molecule has 3 aromatic rings. The molecule has 2 fully saturated rings. The van der Waals surface area contributed by atoms with Crippen LogP contribution < -0.4 is 5.56 Å². The number of pyridine rings is 1. The number of carbonyl (C=O) groups excluding carboxylic acids is 1. The predicted octanol–water partition coefficient (Wildman–Crippen LogP) is 3.15. The quantitative estimate of drug-likeness (QED) is 0.689. The summed E-state index contributed by atoms with van der Waals surface area (Å²) in [6.45, 7) is 3.34. The Morgan fingerprint density at radius 1 is 1.06 bits per heavy atom. The van der Waals surface area contributed by atoms with Crippen LogP contribution in [-0.2, 0) is 0 Å². The molecule has 7 heteroatoms. The van der Waals surface area contributed by atoms with E-state index in [2.05, 4.69) is 21.9 Å². The summed E-state index contributed by atoms with van der Waals surface area (Å²) in [6.07, 6.45) is 5.59. The Bertz CT molecular complexity index is 1180. The Labute approximate surface area is 187 Å². The molecule has 2 saturated heterocycles. The van der Waals surface area contributed by atoms with Crippen LogP contribution in [0.1, 0.15) is 59.4 Å². The SMILES string of the molecule is CN1CCC(c2nc([C@@H]3CCCN(C(=O)c4cccc5ncccc45)C3)cc(=O)[nH]2)CC1. The lowest BCUT2D eigenvalue weighted by molar-refractivity contribution is 0.0707. The van der Waals surface area contributed by atoms with Crippen LogP contribution in [0.2, 0.25) is 0 Å². The molecule has 0 spiro atoms. The first-order valence-electron chi connectivity index (χ1n) is 11.5. The summed E-state index contributed by atoms with van der Waals surface area (Å²) in [5, 5.41) is 0.876. The highest BCUT2D eigenvalue weighted by molar-refractivity contribution is 6.06. The van der Waals surface area contributed by atoms with Crippen molar-refractivity contribution in [1.82, 2.24) is 24.8 Å². The van der Waals surface area contributed by atoms with E-state index in [1.165, 1.54) is 0 Å². The second kappa shape index (κ2) is 8.82. The predicted molar refractivity (Wildman–Crippen MR) is 124 cm³/mol. The van der Waals surface area contributed by atoms with E-state index in [9.17, 15) is 9.59 Å². The van der Waals surface area contributed by atoms with Gasteiger partial charge in [-0.2, -0.15) is 0 Å². The third kappa shape index (κ3) is 4.17. The van der Waals surface area contributed by atoms with E-state index < -0.39 is 0 Å². The summed E-state index contributed by atoms with van der Waals surface area (Å²) in [6, 6.07) is 11.1. The third-order valence-electron chi connectivity index (χ3n) is 6.89. The van der Waals surface area contributed by atoms with Crippen molar-refractivity contribution in [2.75, 3.05) is 33.2 Å². The van der Waals surface area contributed by atoms with Gasteiger partial charge < -0.3 is 14.8 Å². The highest BCUT2D eigenvalue weighted by Gasteiger charge is 2.29. The molecule has 32 heavy (non-hydrogen) atoms. The molecule has 166 valence electrons. The monoisotopic (exact) mass is 431 g/mol. The van der Waals surface area contributed by atoms with Gasteiger partial charge in [0, 0.05) is 48.1 Å². The number of rotatable bonds is 3. The fourth-order valence-corrected chi connectivity index (χ4v) is 5.04. The Morgan fingerprint density at radius 2 is 1.91 bits per heavy atom. The third-order valence-corrected chi connectivity index (χ3v) is 6.89. The number of H-pyrrole nitrogens is 1. The Morgan fingerprint density at radius 3 is 2.75 bits per heavy atom. The summed E-state index contributed by atoms with van der Waals surface area (Å²) in [5.41, 5.74) is 2.24. The molecule has 0 radical (unpaired) electrons. The summed E-state index contributed by atoms with van der Waals surface area (Å²) >= 11 is 0. The summed E-state index contributed by atoms with van der Waals surface area (Å²) < 4.78 is 0. The van der Waals surface area contributed by atoms with Crippen molar-refractivity contribution < 1.29 is 4.79 Å². The van der Waals surface area contributed by atoms with Crippen molar-refractivity contribution in [2.45, 2.75) is 37.5 Å². The number of fused-ring (bicyclic) bond motifs is 1. The largest absolute Gasteiger partial charge is 0.338 e. The molecule has 2 aliphatic heterocycles. The van der Waals surface area contributed by atoms with Gasteiger partial charge in [-0.1, -0.05) is 12.1 Å². The summed E-state index contributed by atoms with van der Waals surface area (Å²) in [5.74, 6) is 1.20. The van der Waals surface area contributed by atoms with Crippen LogP contribution in [0.25, 0.3) is 10.9 Å². The molecule has 4 heterocycles. The Kier molecular flexibility index (Phi) is 5.74. The number of likely N-dealkylation sites (tertiary alicyclic amines) is 2. The zero-order valence-corrected chi connectivity index (χ0v) is 18.5. The van der Waals surface area contributed by atoms with Crippen molar-refractivity contribution in [3.8, 4) is 0 Å². The van der Waals surface area contributed by atoms with Crippen molar-refractivity contribution in [2.24, 2.45) is 0 Å². The molecule has 1 N–H and O–H groups in total. The van der Waals surface area contributed by atoms with Gasteiger partial charge in [-0.15, -0.1) is 0 Å². The maximum Gasteiger partial charge on any atom is 0.254 e. The highest BCUT2D eigenvalue weighted by Crippen LogP contribution is 2.29. The van der Waals surface area contributed by atoms with Gasteiger partial charge in [-0.05, 0) is 64.0 Å². The second-order valence-corrected chi connectivity index (χ2v) is 9.10. The molecular weight excluding hydrogens is 402 g/mol. The fourth-order valence-electron chi connectivity index (χ4n) is 5.04. The minimum Gasteiger partial charge on any atom is -0.338 e. The summed E-state index contributed by atoms with van der Waals surface area (Å²) in [4.78, 5) is 42.3. The first kappa shape index (κ1) is 20.8. The number of amides is 1. The minimum atomic E-state index is -0.0903. The van der Waals surface area contributed by atoms with Crippen LogP contribution in [0, 0.1) is 0 Å². The molecular formula is C25H29N5O2. The van der Waals surface area contributed by atoms with Crippen molar-refractivity contribution in [1.29, 1.82) is 0 Å². The minimum absolute atomic E-state index is 0.0219. The number of carbonyl (C=O) groups is 1. The number of nitrogens with zero attached hydrogens (tertiary/aromatic N) is 4. The van der Waals surface area contributed by atoms with E-state index in [0.29, 0.717) is 18.0 Å². The lowest BCUT2D eigenvalue weighted by Gasteiger charge is -2.33. The van der Waals surface area contributed by atoms with Crippen LogP contribution in [0.3, 0.4) is 0 Å². The van der Waals surface area contributed by atoms with Crippen LogP contribution in [-0.4, -0.2) is 63.9 Å². The number of aromatic amines is 1. The van der Waals surface area contributed by atoms with E-state index >= 15 is 0 Å². The standard InChI is InChI=1S/C25H29N5O2/c1-29-13-9-17(10-14-29)24-27-22(15-23(31)28-24)18-5-4-12-30(16-18)25(32)20-6-2-8-21-19(20)7-3-11-26-21/h2-3,6-8,11,15,17-18H,4-5,9-10,12-14,16H2,1H3,(H,27,28,31)/t18-/m1/s1. The number of hydrogen-bond acceptors (Lipinski definition) is 5. The van der Waals surface area contributed by atoms with Crippen LogP contribution in [0.15, 0.2) is 47.4 Å². The van der Waals surface area contributed by atoms with Gasteiger partial charge in [0.05, 0.1) is 11.2 Å². The van der Waals surface area contributed by atoms with Crippen LogP contribution in [0.4, 0.5) is 0 Å². The zero-order valence-electron chi connectivity index (χ0n) is 18.5. The molecule has 1 atom stereocenters. The van der Waals surface area contributed by atoms with Crippen molar-refractivity contribution >= 4 is 16.8 Å². The average molecular weight is 432 g/mol. The first-order valence-corrected chi connectivity index (χ1v) is 11.5. The zero-order chi connectivity index (χ0) is 22.1. The molecule has 1 aromatic carbocycles.